The summed E-state index contributed by atoms with van der Waals surface area (Å²) in [4.78, 5) is 11.5. The van der Waals surface area contributed by atoms with Crippen molar-refractivity contribution >= 4 is 21.7 Å². The maximum Gasteiger partial charge on any atom is 0.319 e. The summed E-state index contributed by atoms with van der Waals surface area (Å²) in [6.45, 7) is 3.72. The standard InChI is InChI=1S/C18H22FN3O4S/c1-12(2)21-18(23)22-14-6-4-13(5-7-14)11-20-27(24,25)15-8-9-17(26-3)16(19)10-15/h4-10,12,20H,11H2,1-3H3,(H2,21,22,23). The van der Waals surface area contributed by atoms with Crippen molar-refractivity contribution in [1.29, 1.82) is 0 Å². The number of carbonyl (C=O) groups excluding carboxylic acids is 1. The van der Waals surface area contributed by atoms with E-state index in [1.165, 1.54) is 19.2 Å². The van der Waals surface area contributed by atoms with E-state index in [9.17, 15) is 17.6 Å². The van der Waals surface area contributed by atoms with Gasteiger partial charge in [-0.25, -0.2) is 22.3 Å². The Morgan fingerprint density at radius 3 is 2.37 bits per heavy atom. The second kappa shape index (κ2) is 8.83. The molecule has 0 aliphatic heterocycles. The number of methoxy groups -OCH3 is 1. The summed E-state index contributed by atoms with van der Waals surface area (Å²) in [5.74, 6) is -0.783. The van der Waals surface area contributed by atoms with Gasteiger partial charge in [0.25, 0.3) is 0 Å². The molecular weight excluding hydrogens is 373 g/mol. The molecule has 7 nitrogen and oxygen atoms in total. The number of carbonyl (C=O) groups is 1. The second-order valence-electron chi connectivity index (χ2n) is 6.07. The Labute approximate surface area is 158 Å². The molecule has 0 unspecified atom stereocenters. The molecule has 2 rings (SSSR count). The molecule has 0 saturated heterocycles. The summed E-state index contributed by atoms with van der Waals surface area (Å²) in [6, 6.07) is 9.82. The Morgan fingerprint density at radius 1 is 1.15 bits per heavy atom. The van der Waals surface area contributed by atoms with E-state index in [-0.39, 0.29) is 29.3 Å². The van der Waals surface area contributed by atoms with Crippen LogP contribution in [0.3, 0.4) is 0 Å². The summed E-state index contributed by atoms with van der Waals surface area (Å²) < 4.78 is 45.5. The van der Waals surface area contributed by atoms with Gasteiger partial charge in [0.15, 0.2) is 11.6 Å². The number of benzene rings is 2. The van der Waals surface area contributed by atoms with Crippen LogP contribution < -0.4 is 20.1 Å². The fourth-order valence-electron chi connectivity index (χ4n) is 2.21. The molecule has 27 heavy (non-hydrogen) atoms. The number of ether oxygens (including phenoxy) is 1. The molecule has 2 aromatic rings. The van der Waals surface area contributed by atoms with E-state index in [1.807, 2.05) is 13.8 Å². The number of nitrogens with one attached hydrogen (secondary N) is 3. The van der Waals surface area contributed by atoms with Crippen LogP contribution in [0.15, 0.2) is 47.4 Å². The summed E-state index contributed by atoms with van der Waals surface area (Å²) in [5, 5.41) is 5.37. The second-order valence-corrected chi connectivity index (χ2v) is 7.84. The number of amides is 2. The maximum atomic E-state index is 13.7. The van der Waals surface area contributed by atoms with Crippen LogP contribution >= 0.6 is 0 Å². The minimum absolute atomic E-state index is 0.0153. The molecule has 9 heteroatoms. The SMILES string of the molecule is COc1ccc(S(=O)(=O)NCc2ccc(NC(=O)NC(C)C)cc2)cc1F. The highest BCUT2D eigenvalue weighted by Gasteiger charge is 2.16. The van der Waals surface area contributed by atoms with Gasteiger partial charge < -0.3 is 15.4 Å². The van der Waals surface area contributed by atoms with Gasteiger partial charge in [0.1, 0.15) is 0 Å². The number of hydrogen-bond acceptors (Lipinski definition) is 4. The van der Waals surface area contributed by atoms with Crippen LogP contribution in [0.2, 0.25) is 0 Å². The molecule has 2 amide bonds. The van der Waals surface area contributed by atoms with E-state index in [0.717, 1.165) is 6.07 Å². The van der Waals surface area contributed by atoms with Crippen molar-refractivity contribution in [2.24, 2.45) is 0 Å². The van der Waals surface area contributed by atoms with Gasteiger partial charge in [0, 0.05) is 18.3 Å². The van der Waals surface area contributed by atoms with E-state index >= 15 is 0 Å². The Bertz CT molecular complexity index is 899. The van der Waals surface area contributed by atoms with Gasteiger partial charge in [0.05, 0.1) is 12.0 Å². The smallest absolute Gasteiger partial charge is 0.319 e. The lowest BCUT2D eigenvalue weighted by Crippen LogP contribution is -2.34. The minimum atomic E-state index is -3.87. The Kier molecular flexibility index (Phi) is 6.75. The van der Waals surface area contributed by atoms with Gasteiger partial charge in [-0.05, 0) is 49.7 Å². The Morgan fingerprint density at radius 2 is 1.81 bits per heavy atom. The van der Waals surface area contributed by atoms with Crippen LogP contribution in [0.5, 0.6) is 5.75 Å². The third-order valence-electron chi connectivity index (χ3n) is 3.53. The molecule has 0 aromatic heterocycles. The fourth-order valence-corrected chi connectivity index (χ4v) is 3.24. The third-order valence-corrected chi connectivity index (χ3v) is 4.93. The summed E-state index contributed by atoms with van der Waals surface area (Å²) in [5.41, 5.74) is 1.26. The van der Waals surface area contributed by atoms with Gasteiger partial charge in [-0.15, -0.1) is 0 Å². The molecule has 146 valence electrons. The first-order valence-electron chi connectivity index (χ1n) is 8.21. The zero-order valence-electron chi connectivity index (χ0n) is 15.2. The number of urea groups is 1. The predicted molar refractivity (Wildman–Crippen MR) is 101 cm³/mol. The van der Waals surface area contributed by atoms with E-state index in [2.05, 4.69) is 15.4 Å². The highest BCUT2D eigenvalue weighted by atomic mass is 32.2. The molecule has 0 heterocycles. The van der Waals surface area contributed by atoms with Crippen molar-refractivity contribution in [3.63, 3.8) is 0 Å². The summed E-state index contributed by atoms with van der Waals surface area (Å²) in [7, 11) is -2.57. The highest BCUT2D eigenvalue weighted by molar-refractivity contribution is 7.89. The summed E-state index contributed by atoms with van der Waals surface area (Å²) >= 11 is 0. The van der Waals surface area contributed by atoms with Gasteiger partial charge in [-0.1, -0.05) is 12.1 Å². The summed E-state index contributed by atoms with van der Waals surface area (Å²) in [6.07, 6.45) is 0. The predicted octanol–water partition coefficient (Wildman–Crippen LogP) is 2.84. The van der Waals surface area contributed by atoms with E-state index in [0.29, 0.717) is 11.3 Å². The number of anilines is 1. The average Bonchev–Trinajstić information content (AvgIpc) is 2.60. The molecule has 0 spiro atoms. The van der Waals surface area contributed by atoms with Crippen molar-refractivity contribution in [3.05, 3.63) is 53.8 Å². The van der Waals surface area contributed by atoms with E-state index < -0.39 is 15.8 Å². The zero-order chi connectivity index (χ0) is 20.0. The number of halogens is 1. The molecule has 0 saturated carbocycles. The van der Waals surface area contributed by atoms with Crippen molar-refractivity contribution in [2.45, 2.75) is 31.3 Å². The highest BCUT2D eigenvalue weighted by Crippen LogP contribution is 2.20. The fraction of sp³-hybridized carbons (Fsp3) is 0.278. The van der Waals surface area contributed by atoms with Crippen LogP contribution in [0.25, 0.3) is 0 Å². The molecule has 0 bridgehead atoms. The first kappa shape index (κ1) is 20.7. The lowest BCUT2D eigenvalue weighted by atomic mass is 10.2. The topological polar surface area (TPSA) is 96.5 Å². The van der Waals surface area contributed by atoms with Crippen molar-refractivity contribution < 1.29 is 22.3 Å². The number of sulfonamides is 1. The van der Waals surface area contributed by atoms with Gasteiger partial charge >= 0.3 is 6.03 Å². The molecule has 0 aliphatic carbocycles. The van der Waals surface area contributed by atoms with Crippen molar-refractivity contribution in [3.8, 4) is 5.75 Å². The monoisotopic (exact) mass is 395 g/mol. The maximum absolute atomic E-state index is 13.7. The zero-order valence-corrected chi connectivity index (χ0v) is 16.1. The van der Waals surface area contributed by atoms with Crippen LogP contribution in [0, 0.1) is 5.82 Å². The number of hydrogen-bond donors (Lipinski definition) is 3. The van der Waals surface area contributed by atoms with Crippen LogP contribution in [-0.4, -0.2) is 27.6 Å². The molecular formula is C18H22FN3O4S. The third kappa shape index (κ3) is 5.93. The van der Waals surface area contributed by atoms with Gasteiger partial charge in [0.2, 0.25) is 10.0 Å². The molecule has 2 aromatic carbocycles. The number of rotatable bonds is 7. The van der Waals surface area contributed by atoms with Gasteiger partial charge in [-0.2, -0.15) is 0 Å². The molecule has 0 radical (unpaired) electrons. The van der Waals surface area contributed by atoms with Crippen LogP contribution in [-0.2, 0) is 16.6 Å². The first-order valence-corrected chi connectivity index (χ1v) is 9.69. The van der Waals surface area contributed by atoms with Crippen molar-refractivity contribution in [2.75, 3.05) is 12.4 Å². The lowest BCUT2D eigenvalue weighted by Gasteiger charge is -2.11. The largest absolute Gasteiger partial charge is 0.494 e. The molecule has 0 aliphatic rings. The molecule has 0 fully saturated rings. The van der Waals surface area contributed by atoms with E-state index in [4.69, 9.17) is 4.74 Å². The molecule has 0 atom stereocenters. The minimum Gasteiger partial charge on any atom is -0.494 e. The van der Waals surface area contributed by atoms with Crippen molar-refractivity contribution in [1.82, 2.24) is 10.0 Å². The quantitative estimate of drug-likeness (QED) is 0.672. The normalized spacial score (nSPS) is 11.3. The average molecular weight is 395 g/mol. The Hall–Kier alpha value is -2.65. The van der Waals surface area contributed by atoms with Gasteiger partial charge in [-0.3, -0.25) is 0 Å². The van der Waals surface area contributed by atoms with E-state index in [1.54, 1.807) is 24.3 Å². The Balaban J connectivity index is 1.99. The lowest BCUT2D eigenvalue weighted by molar-refractivity contribution is 0.250. The molecule has 3 N–H and O–H groups in total. The van der Waals surface area contributed by atoms with Crippen LogP contribution in [0.4, 0.5) is 14.9 Å². The van der Waals surface area contributed by atoms with Crippen LogP contribution in [0.1, 0.15) is 19.4 Å². The first-order chi connectivity index (χ1) is 12.7.